The summed E-state index contributed by atoms with van der Waals surface area (Å²) in [6.07, 6.45) is 6.65. The topological polar surface area (TPSA) is 24.9 Å². The summed E-state index contributed by atoms with van der Waals surface area (Å²) in [6, 6.07) is 11.5. The molecule has 1 N–H and O–H groups in total. The van der Waals surface area contributed by atoms with Crippen molar-refractivity contribution in [3.63, 3.8) is 0 Å². The van der Waals surface area contributed by atoms with Gasteiger partial charge in [-0.2, -0.15) is 0 Å². The van der Waals surface area contributed by atoms with Crippen LogP contribution in [0.1, 0.15) is 36.4 Å². The molecular weight excluding hydrogens is 264 g/mol. The molecule has 0 spiro atoms. The second-order valence-electron chi connectivity index (χ2n) is 6.05. The molecule has 2 saturated carbocycles. The van der Waals surface area contributed by atoms with E-state index in [1.165, 1.54) is 53.2 Å². The van der Waals surface area contributed by atoms with E-state index in [4.69, 9.17) is 4.98 Å². The van der Waals surface area contributed by atoms with Gasteiger partial charge >= 0.3 is 0 Å². The zero-order valence-corrected chi connectivity index (χ0v) is 12.5. The Morgan fingerprint density at radius 2 is 1.90 bits per heavy atom. The highest BCUT2D eigenvalue weighted by Gasteiger charge is 2.25. The van der Waals surface area contributed by atoms with E-state index in [-0.39, 0.29) is 0 Å². The number of rotatable bonds is 6. The normalized spacial score (nSPS) is 18.4. The minimum atomic E-state index is 0.743. The first-order valence-electron chi connectivity index (χ1n) is 7.66. The monoisotopic (exact) mass is 284 g/mol. The third-order valence-corrected chi connectivity index (χ3v) is 5.24. The van der Waals surface area contributed by atoms with Crippen LogP contribution in [0.15, 0.2) is 30.3 Å². The van der Waals surface area contributed by atoms with E-state index in [1.54, 1.807) is 0 Å². The van der Waals surface area contributed by atoms with Crippen molar-refractivity contribution in [2.75, 3.05) is 0 Å². The summed E-state index contributed by atoms with van der Waals surface area (Å²) in [5.41, 5.74) is 2.57. The molecule has 2 aromatic rings. The number of hydrogen-bond acceptors (Lipinski definition) is 3. The maximum atomic E-state index is 4.92. The highest BCUT2D eigenvalue weighted by Crippen LogP contribution is 2.37. The van der Waals surface area contributed by atoms with Gasteiger partial charge in [0.25, 0.3) is 0 Å². The van der Waals surface area contributed by atoms with E-state index >= 15 is 0 Å². The molecule has 20 heavy (non-hydrogen) atoms. The smallest absolute Gasteiger partial charge is 0.0938 e. The molecular formula is C17H20N2S. The minimum Gasteiger partial charge on any atom is -0.308 e. The zero-order valence-electron chi connectivity index (χ0n) is 11.6. The SMILES string of the molecule is c1ccc(-c2sc(CC3CC3)nc2CNC2CC2)cc1. The summed E-state index contributed by atoms with van der Waals surface area (Å²) >= 11 is 1.90. The molecule has 0 aliphatic heterocycles. The van der Waals surface area contributed by atoms with Gasteiger partial charge in [0.1, 0.15) is 0 Å². The fourth-order valence-corrected chi connectivity index (χ4v) is 3.72. The van der Waals surface area contributed by atoms with Gasteiger partial charge in [-0.05, 0) is 37.2 Å². The fourth-order valence-electron chi connectivity index (χ4n) is 2.52. The molecule has 3 heteroatoms. The molecule has 4 rings (SSSR count). The number of thiazole rings is 1. The lowest BCUT2D eigenvalue weighted by molar-refractivity contribution is 0.674. The number of nitrogens with one attached hydrogen (secondary N) is 1. The first-order valence-corrected chi connectivity index (χ1v) is 8.47. The van der Waals surface area contributed by atoms with Crippen molar-refractivity contribution in [2.45, 2.75) is 44.7 Å². The molecule has 104 valence electrons. The Morgan fingerprint density at radius 3 is 2.60 bits per heavy atom. The molecule has 1 aromatic carbocycles. The van der Waals surface area contributed by atoms with Gasteiger partial charge in [-0.25, -0.2) is 4.98 Å². The summed E-state index contributed by atoms with van der Waals surface area (Å²) in [4.78, 5) is 6.29. The third kappa shape index (κ3) is 2.94. The van der Waals surface area contributed by atoms with Gasteiger partial charge in [-0.1, -0.05) is 30.3 Å². The second-order valence-corrected chi connectivity index (χ2v) is 7.14. The summed E-state index contributed by atoms with van der Waals surface area (Å²) in [5.74, 6) is 0.911. The van der Waals surface area contributed by atoms with Crippen molar-refractivity contribution in [3.05, 3.63) is 41.0 Å². The van der Waals surface area contributed by atoms with E-state index in [9.17, 15) is 0 Å². The van der Waals surface area contributed by atoms with Crippen molar-refractivity contribution in [2.24, 2.45) is 5.92 Å². The van der Waals surface area contributed by atoms with Gasteiger partial charge in [0.05, 0.1) is 15.6 Å². The molecule has 2 nitrogen and oxygen atoms in total. The average molecular weight is 284 g/mol. The summed E-state index contributed by atoms with van der Waals surface area (Å²) in [7, 11) is 0. The standard InChI is InChI=1S/C17H20N2S/c1-2-4-13(5-3-1)17-15(11-18-14-8-9-14)19-16(20-17)10-12-6-7-12/h1-5,12,14,18H,6-11H2. The van der Waals surface area contributed by atoms with Crippen LogP contribution in [0.5, 0.6) is 0 Å². The van der Waals surface area contributed by atoms with E-state index in [1.807, 2.05) is 11.3 Å². The van der Waals surface area contributed by atoms with Gasteiger partial charge in [-0.3, -0.25) is 0 Å². The fraction of sp³-hybridized carbons (Fsp3) is 0.471. The highest BCUT2D eigenvalue weighted by atomic mass is 32.1. The Balaban J connectivity index is 1.60. The van der Waals surface area contributed by atoms with Crippen molar-refractivity contribution < 1.29 is 0 Å². The molecule has 1 aromatic heterocycles. The summed E-state index contributed by atoms with van der Waals surface area (Å²) in [5, 5.41) is 4.94. The number of aromatic nitrogens is 1. The maximum Gasteiger partial charge on any atom is 0.0938 e. The van der Waals surface area contributed by atoms with Gasteiger partial charge in [0, 0.05) is 19.0 Å². The lowest BCUT2D eigenvalue weighted by Crippen LogP contribution is -2.16. The van der Waals surface area contributed by atoms with Crippen molar-refractivity contribution in [1.82, 2.24) is 10.3 Å². The van der Waals surface area contributed by atoms with Gasteiger partial charge < -0.3 is 5.32 Å². The van der Waals surface area contributed by atoms with Crippen LogP contribution in [0, 0.1) is 5.92 Å². The van der Waals surface area contributed by atoms with E-state index in [0.717, 1.165) is 18.5 Å². The van der Waals surface area contributed by atoms with E-state index < -0.39 is 0 Å². The Morgan fingerprint density at radius 1 is 1.10 bits per heavy atom. The molecule has 0 radical (unpaired) electrons. The van der Waals surface area contributed by atoms with Crippen LogP contribution in [0.2, 0.25) is 0 Å². The number of hydrogen-bond donors (Lipinski definition) is 1. The Kier molecular flexibility index (Phi) is 3.32. The Bertz CT molecular complexity index is 582. The molecule has 0 amide bonds. The molecule has 2 fully saturated rings. The Labute approximate surface area is 124 Å². The second kappa shape index (κ2) is 5.30. The number of benzene rings is 1. The first-order chi connectivity index (χ1) is 9.88. The minimum absolute atomic E-state index is 0.743. The molecule has 2 aliphatic rings. The maximum absolute atomic E-state index is 4.92. The predicted molar refractivity (Wildman–Crippen MR) is 83.8 cm³/mol. The molecule has 0 bridgehead atoms. The van der Waals surface area contributed by atoms with Crippen LogP contribution >= 0.6 is 11.3 Å². The van der Waals surface area contributed by atoms with E-state index in [0.29, 0.717) is 0 Å². The zero-order chi connectivity index (χ0) is 13.4. The van der Waals surface area contributed by atoms with Crippen LogP contribution in [-0.4, -0.2) is 11.0 Å². The molecule has 2 aliphatic carbocycles. The van der Waals surface area contributed by atoms with Crippen LogP contribution in [0.4, 0.5) is 0 Å². The lowest BCUT2D eigenvalue weighted by atomic mass is 10.1. The lowest BCUT2D eigenvalue weighted by Gasteiger charge is -2.03. The van der Waals surface area contributed by atoms with E-state index in [2.05, 4.69) is 35.6 Å². The van der Waals surface area contributed by atoms with Crippen LogP contribution in [0.3, 0.4) is 0 Å². The molecule has 0 saturated heterocycles. The van der Waals surface area contributed by atoms with Gasteiger partial charge in [0.15, 0.2) is 0 Å². The third-order valence-electron chi connectivity index (χ3n) is 4.07. The van der Waals surface area contributed by atoms with Gasteiger partial charge in [-0.15, -0.1) is 11.3 Å². The quantitative estimate of drug-likeness (QED) is 0.867. The molecule has 0 atom stereocenters. The average Bonchev–Trinajstić information content (AvgIpc) is 3.38. The summed E-state index contributed by atoms with van der Waals surface area (Å²) < 4.78 is 0. The van der Waals surface area contributed by atoms with Crippen molar-refractivity contribution in [3.8, 4) is 10.4 Å². The van der Waals surface area contributed by atoms with Gasteiger partial charge in [0.2, 0.25) is 0 Å². The number of nitrogens with zero attached hydrogens (tertiary/aromatic N) is 1. The summed E-state index contributed by atoms with van der Waals surface area (Å²) in [6.45, 7) is 0.927. The Hall–Kier alpha value is -1.19. The largest absolute Gasteiger partial charge is 0.308 e. The van der Waals surface area contributed by atoms with Crippen LogP contribution in [0.25, 0.3) is 10.4 Å². The predicted octanol–water partition coefficient (Wildman–Crippen LogP) is 4.01. The molecule has 1 heterocycles. The molecule has 0 unspecified atom stereocenters. The first kappa shape index (κ1) is 12.5. The van der Waals surface area contributed by atoms with Crippen molar-refractivity contribution in [1.29, 1.82) is 0 Å². The highest BCUT2D eigenvalue weighted by molar-refractivity contribution is 7.15. The van der Waals surface area contributed by atoms with Crippen molar-refractivity contribution >= 4 is 11.3 Å². The van der Waals surface area contributed by atoms with Crippen LogP contribution < -0.4 is 5.32 Å². The van der Waals surface area contributed by atoms with Crippen LogP contribution in [-0.2, 0) is 13.0 Å².